The molecule has 1 aromatic rings. The van der Waals surface area contributed by atoms with Crippen molar-refractivity contribution in [3.05, 3.63) is 22.4 Å². The Balaban J connectivity index is 1.83. The van der Waals surface area contributed by atoms with Gasteiger partial charge in [0.25, 0.3) is 0 Å². The van der Waals surface area contributed by atoms with E-state index in [-0.39, 0.29) is 17.9 Å². The van der Waals surface area contributed by atoms with Crippen molar-refractivity contribution in [1.82, 2.24) is 10.2 Å². The number of amides is 3. The van der Waals surface area contributed by atoms with E-state index in [2.05, 4.69) is 11.4 Å². The first-order valence-corrected chi connectivity index (χ1v) is 7.81. The number of hydrogen-bond acceptors (Lipinski definition) is 3. The van der Waals surface area contributed by atoms with Crippen molar-refractivity contribution in [2.75, 3.05) is 13.1 Å². The molecule has 110 valence electrons. The molecule has 2 heterocycles. The molecular weight excluding hydrogens is 274 g/mol. The molecule has 5 nitrogen and oxygen atoms in total. The molecule has 1 aliphatic rings. The van der Waals surface area contributed by atoms with Crippen molar-refractivity contribution in [3.63, 3.8) is 0 Å². The second-order valence-corrected chi connectivity index (χ2v) is 6.35. The van der Waals surface area contributed by atoms with Crippen LogP contribution in [-0.2, 0) is 11.2 Å². The molecule has 2 rings (SSSR count). The second kappa shape index (κ2) is 6.74. The zero-order valence-electron chi connectivity index (χ0n) is 11.7. The molecule has 20 heavy (non-hydrogen) atoms. The van der Waals surface area contributed by atoms with Gasteiger partial charge in [0.15, 0.2) is 0 Å². The van der Waals surface area contributed by atoms with Crippen molar-refractivity contribution in [1.29, 1.82) is 0 Å². The first kappa shape index (κ1) is 14.8. The fraction of sp³-hybridized carbons (Fsp3) is 0.571. The Kier molecular flexibility index (Phi) is 5.00. The summed E-state index contributed by atoms with van der Waals surface area (Å²) in [5.41, 5.74) is 5.28. The molecule has 0 spiro atoms. The van der Waals surface area contributed by atoms with Crippen LogP contribution in [0.4, 0.5) is 4.79 Å². The Bertz CT molecular complexity index is 461. The van der Waals surface area contributed by atoms with E-state index in [1.165, 1.54) is 4.88 Å². The normalized spacial score (nSPS) is 20.4. The van der Waals surface area contributed by atoms with Crippen molar-refractivity contribution >= 4 is 23.3 Å². The van der Waals surface area contributed by atoms with Crippen molar-refractivity contribution in [3.8, 4) is 0 Å². The minimum atomic E-state index is -0.436. The maximum atomic E-state index is 12.2. The van der Waals surface area contributed by atoms with E-state index in [0.29, 0.717) is 13.1 Å². The van der Waals surface area contributed by atoms with Crippen LogP contribution in [0, 0.1) is 5.92 Å². The minimum absolute atomic E-state index is 0.0278. The number of nitrogens with two attached hydrogens (primary N) is 1. The predicted molar refractivity (Wildman–Crippen MR) is 79.5 cm³/mol. The van der Waals surface area contributed by atoms with Gasteiger partial charge in [-0.25, -0.2) is 4.79 Å². The summed E-state index contributed by atoms with van der Waals surface area (Å²) in [5.74, 6) is -0.109. The number of hydrogen-bond donors (Lipinski definition) is 2. The summed E-state index contributed by atoms with van der Waals surface area (Å²) in [6.07, 6.45) is 2.50. The molecule has 1 aliphatic heterocycles. The Hall–Kier alpha value is -1.56. The maximum Gasteiger partial charge on any atom is 0.314 e. The average molecular weight is 295 g/mol. The summed E-state index contributed by atoms with van der Waals surface area (Å²) < 4.78 is 0. The van der Waals surface area contributed by atoms with Crippen LogP contribution in [0.5, 0.6) is 0 Å². The Morgan fingerprint density at radius 2 is 2.40 bits per heavy atom. The number of thiophene rings is 1. The van der Waals surface area contributed by atoms with Gasteiger partial charge in [0.1, 0.15) is 0 Å². The molecule has 1 saturated heterocycles. The van der Waals surface area contributed by atoms with Gasteiger partial charge in [-0.1, -0.05) is 6.07 Å². The van der Waals surface area contributed by atoms with Crippen molar-refractivity contribution in [2.24, 2.45) is 11.7 Å². The molecule has 0 aromatic carbocycles. The van der Waals surface area contributed by atoms with E-state index in [1.807, 2.05) is 18.4 Å². The first-order valence-electron chi connectivity index (χ1n) is 6.93. The van der Waals surface area contributed by atoms with Crippen LogP contribution in [0.3, 0.4) is 0 Å². The molecule has 3 amide bonds. The number of carbonyl (C=O) groups is 2. The summed E-state index contributed by atoms with van der Waals surface area (Å²) in [5, 5.41) is 5.07. The van der Waals surface area contributed by atoms with Gasteiger partial charge in [-0.15, -0.1) is 11.3 Å². The number of nitrogens with one attached hydrogen (secondary N) is 1. The second-order valence-electron chi connectivity index (χ2n) is 5.32. The number of carbonyl (C=O) groups excluding carboxylic acids is 2. The summed E-state index contributed by atoms with van der Waals surface area (Å²) >= 11 is 1.70. The molecular formula is C14H21N3O2S. The molecule has 0 bridgehead atoms. The highest BCUT2D eigenvalue weighted by Gasteiger charge is 2.27. The van der Waals surface area contributed by atoms with Gasteiger partial charge in [0.2, 0.25) is 5.91 Å². The van der Waals surface area contributed by atoms with Crippen LogP contribution < -0.4 is 11.1 Å². The summed E-state index contributed by atoms with van der Waals surface area (Å²) in [6, 6.07) is 3.75. The highest BCUT2D eigenvalue weighted by atomic mass is 32.1. The summed E-state index contributed by atoms with van der Waals surface area (Å²) in [4.78, 5) is 26.2. The third-order valence-electron chi connectivity index (χ3n) is 3.58. The zero-order valence-corrected chi connectivity index (χ0v) is 12.5. The quantitative estimate of drug-likeness (QED) is 0.885. The smallest absolute Gasteiger partial charge is 0.314 e. The standard InChI is InChI=1S/C14H21N3O2S/c1-10(8-12-5-3-7-20-12)16-13(18)11-4-2-6-17(9-11)14(15)19/h3,5,7,10-11H,2,4,6,8-9H2,1H3,(H2,15,19)(H,16,18)/t10-,11+/m1/s1. The molecule has 0 radical (unpaired) electrons. The largest absolute Gasteiger partial charge is 0.353 e. The number of urea groups is 1. The number of nitrogens with zero attached hydrogens (tertiary/aromatic N) is 1. The van der Waals surface area contributed by atoms with Crippen LogP contribution in [0.15, 0.2) is 17.5 Å². The van der Waals surface area contributed by atoms with Crippen LogP contribution in [0.25, 0.3) is 0 Å². The SMILES string of the molecule is C[C@H](Cc1cccs1)NC(=O)[C@H]1CCCN(C(N)=O)C1. The Labute approximate surface area is 123 Å². The molecule has 0 unspecified atom stereocenters. The van der Waals surface area contributed by atoms with Crippen LogP contribution in [0.2, 0.25) is 0 Å². The minimum Gasteiger partial charge on any atom is -0.353 e. The summed E-state index contributed by atoms with van der Waals surface area (Å²) in [7, 11) is 0. The van der Waals surface area contributed by atoms with Gasteiger partial charge in [0, 0.05) is 30.4 Å². The fourth-order valence-electron chi connectivity index (χ4n) is 2.53. The molecule has 3 N–H and O–H groups in total. The van der Waals surface area contributed by atoms with Crippen LogP contribution in [-0.4, -0.2) is 36.0 Å². The number of rotatable bonds is 4. The lowest BCUT2D eigenvalue weighted by Gasteiger charge is -2.31. The highest BCUT2D eigenvalue weighted by molar-refractivity contribution is 7.09. The topological polar surface area (TPSA) is 75.4 Å². The molecule has 1 fully saturated rings. The maximum absolute atomic E-state index is 12.2. The van der Waals surface area contributed by atoms with Gasteiger partial charge in [-0.3, -0.25) is 4.79 Å². The number of likely N-dealkylation sites (tertiary alicyclic amines) is 1. The lowest BCUT2D eigenvalue weighted by atomic mass is 9.97. The van der Waals surface area contributed by atoms with E-state index >= 15 is 0 Å². The van der Waals surface area contributed by atoms with Gasteiger partial charge < -0.3 is 16.0 Å². The zero-order chi connectivity index (χ0) is 14.5. The van der Waals surface area contributed by atoms with E-state index in [1.54, 1.807) is 16.2 Å². The van der Waals surface area contributed by atoms with E-state index < -0.39 is 6.03 Å². The molecule has 6 heteroatoms. The molecule has 2 atom stereocenters. The number of piperidine rings is 1. The Morgan fingerprint density at radius 1 is 1.60 bits per heavy atom. The first-order chi connectivity index (χ1) is 9.56. The predicted octanol–water partition coefficient (Wildman–Crippen LogP) is 1.59. The van der Waals surface area contributed by atoms with Gasteiger partial charge in [0.05, 0.1) is 5.92 Å². The van der Waals surface area contributed by atoms with Gasteiger partial charge >= 0.3 is 6.03 Å². The monoisotopic (exact) mass is 295 g/mol. The summed E-state index contributed by atoms with van der Waals surface area (Å²) in [6.45, 7) is 3.10. The van der Waals surface area contributed by atoms with Gasteiger partial charge in [-0.05, 0) is 31.2 Å². The third-order valence-corrected chi connectivity index (χ3v) is 4.48. The van der Waals surface area contributed by atoms with Crippen LogP contribution >= 0.6 is 11.3 Å². The molecule has 0 saturated carbocycles. The van der Waals surface area contributed by atoms with Crippen molar-refractivity contribution in [2.45, 2.75) is 32.2 Å². The number of primary amides is 1. The van der Waals surface area contributed by atoms with Crippen molar-refractivity contribution < 1.29 is 9.59 Å². The molecule has 1 aromatic heterocycles. The highest BCUT2D eigenvalue weighted by Crippen LogP contribution is 2.17. The van der Waals surface area contributed by atoms with E-state index in [0.717, 1.165) is 19.3 Å². The average Bonchev–Trinajstić information content (AvgIpc) is 2.91. The fourth-order valence-corrected chi connectivity index (χ4v) is 3.37. The van der Waals surface area contributed by atoms with Crippen LogP contribution in [0.1, 0.15) is 24.6 Å². The van der Waals surface area contributed by atoms with E-state index in [9.17, 15) is 9.59 Å². The Morgan fingerprint density at radius 3 is 3.05 bits per heavy atom. The molecule has 0 aliphatic carbocycles. The lowest BCUT2D eigenvalue weighted by molar-refractivity contribution is -0.126. The van der Waals surface area contributed by atoms with Gasteiger partial charge in [-0.2, -0.15) is 0 Å². The third kappa shape index (κ3) is 3.96. The lowest BCUT2D eigenvalue weighted by Crippen LogP contribution is -2.48. The van der Waals surface area contributed by atoms with E-state index in [4.69, 9.17) is 5.73 Å².